The molecule has 2 aliphatic heterocycles. The maximum Gasteiger partial charge on any atom is 0.186 e. The van der Waals surface area contributed by atoms with Gasteiger partial charge in [0, 0.05) is 32.1 Å². The first-order valence-electron chi connectivity index (χ1n) is 6.90. The maximum atomic E-state index is 5.87. The van der Waals surface area contributed by atoms with E-state index in [1.54, 1.807) is 0 Å². The summed E-state index contributed by atoms with van der Waals surface area (Å²) in [5, 5.41) is 4.49. The van der Waals surface area contributed by atoms with Gasteiger partial charge in [-0.05, 0) is 13.3 Å². The van der Waals surface area contributed by atoms with Crippen molar-refractivity contribution in [1.29, 1.82) is 0 Å². The van der Waals surface area contributed by atoms with Crippen LogP contribution >= 0.6 is 0 Å². The van der Waals surface area contributed by atoms with E-state index in [-0.39, 0.29) is 0 Å². The summed E-state index contributed by atoms with van der Waals surface area (Å²) in [6, 6.07) is 0. The van der Waals surface area contributed by atoms with E-state index in [0.717, 1.165) is 43.0 Å². The number of nitrogens with zero attached hydrogens (tertiary/aromatic N) is 3. The predicted octanol–water partition coefficient (Wildman–Crippen LogP) is 0.531. The summed E-state index contributed by atoms with van der Waals surface area (Å²) in [5.74, 6) is 0.695. The number of hydrogen-bond donors (Lipinski definition) is 1. The molecule has 0 saturated carbocycles. The van der Waals surface area contributed by atoms with Gasteiger partial charge in [-0.1, -0.05) is 0 Å². The summed E-state index contributed by atoms with van der Waals surface area (Å²) in [4.78, 5) is 2.30. The monoisotopic (exact) mass is 266 g/mol. The molecule has 1 aromatic heterocycles. The van der Waals surface area contributed by atoms with Crippen molar-refractivity contribution in [3.8, 4) is 0 Å². The Bertz CT molecular complexity index is 465. The summed E-state index contributed by atoms with van der Waals surface area (Å²) in [5.41, 5.74) is 8.00. The molecule has 2 aliphatic rings. The van der Waals surface area contributed by atoms with Crippen molar-refractivity contribution in [2.24, 2.45) is 12.8 Å². The van der Waals surface area contributed by atoms with E-state index < -0.39 is 5.79 Å². The van der Waals surface area contributed by atoms with Crippen molar-refractivity contribution in [2.45, 2.75) is 32.1 Å². The molecule has 0 unspecified atom stereocenters. The zero-order chi connectivity index (χ0) is 13.5. The van der Waals surface area contributed by atoms with E-state index in [0.29, 0.717) is 19.8 Å². The van der Waals surface area contributed by atoms with Crippen LogP contribution in [-0.4, -0.2) is 41.9 Å². The number of rotatable bonds is 2. The molecule has 2 saturated heterocycles. The summed E-state index contributed by atoms with van der Waals surface area (Å²) < 4.78 is 13.6. The third kappa shape index (κ3) is 2.13. The van der Waals surface area contributed by atoms with Crippen LogP contribution in [0.25, 0.3) is 0 Å². The molecular weight excluding hydrogens is 244 g/mol. The summed E-state index contributed by atoms with van der Waals surface area (Å²) in [6.07, 6.45) is 2.03. The molecule has 2 N–H and O–H groups in total. The molecule has 1 spiro atoms. The second kappa shape index (κ2) is 4.77. The van der Waals surface area contributed by atoms with Gasteiger partial charge < -0.3 is 20.1 Å². The predicted molar refractivity (Wildman–Crippen MR) is 71.9 cm³/mol. The molecule has 6 nitrogen and oxygen atoms in total. The zero-order valence-corrected chi connectivity index (χ0v) is 11.7. The van der Waals surface area contributed by atoms with Crippen molar-refractivity contribution in [1.82, 2.24) is 9.78 Å². The van der Waals surface area contributed by atoms with Gasteiger partial charge in [0.15, 0.2) is 5.79 Å². The Balaban J connectivity index is 1.89. The normalized spacial score (nSPS) is 22.4. The van der Waals surface area contributed by atoms with E-state index in [9.17, 15) is 0 Å². The van der Waals surface area contributed by atoms with E-state index >= 15 is 0 Å². The molecule has 3 rings (SSSR count). The lowest BCUT2D eigenvalue weighted by Crippen LogP contribution is -2.49. The van der Waals surface area contributed by atoms with Gasteiger partial charge in [0.1, 0.15) is 5.82 Å². The molecule has 0 radical (unpaired) electrons. The Kier molecular flexibility index (Phi) is 3.24. The Labute approximate surface area is 113 Å². The van der Waals surface area contributed by atoms with Crippen molar-refractivity contribution in [3.63, 3.8) is 0 Å². The fourth-order valence-electron chi connectivity index (χ4n) is 3.23. The minimum Gasteiger partial charge on any atom is -0.351 e. The van der Waals surface area contributed by atoms with Gasteiger partial charge in [-0.3, -0.25) is 4.68 Å². The fourth-order valence-corrected chi connectivity index (χ4v) is 3.23. The standard InChI is InChI=1S/C13H22N4O2/c1-10-11(8-14)12(16(2)15-10)17-5-3-4-13(9-17)18-6-7-19-13/h3-9,14H2,1-2H3. The third-order valence-electron chi connectivity index (χ3n) is 4.05. The minimum atomic E-state index is -0.414. The lowest BCUT2D eigenvalue weighted by Gasteiger charge is -2.39. The first-order valence-corrected chi connectivity index (χ1v) is 6.90. The van der Waals surface area contributed by atoms with Crippen LogP contribution in [0.3, 0.4) is 0 Å². The fraction of sp³-hybridized carbons (Fsp3) is 0.769. The first-order chi connectivity index (χ1) is 9.15. The van der Waals surface area contributed by atoms with Crippen LogP contribution in [0.4, 0.5) is 5.82 Å². The van der Waals surface area contributed by atoms with Crippen molar-refractivity contribution in [2.75, 3.05) is 31.2 Å². The van der Waals surface area contributed by atoms with E-state index in [2.05, 4.69) is 10.00 Å². The molecule has 6 heteroatoms. The van der Waals surface area contributed by atoms with Crippen LogP contribution in [0.15, 0.2) is 0 Å². The highest BCUT2D eigenvalue weighted by Crippen LogP contribution is 2.34. The molecule has 0 aliphatic carbocycles. The van der Waals surface area contributed by atoms with Gasteiger partial charge in [-0.2, -0.15) is 5.10 Å². The SMILES string of the molecule is Cc1nn(C)c(N2CCCC3(C2)OCCO3)c1CN. The molecule has 19 heavy (non-hydrogen) atoms. The number of nitrogens with two attached hydrogens (primary N) is 1. The van der Waals surface area contributed by atoms with Crippen molar-refractivity contribution < 1.29 is 9.47 Å². The Morgan fingerprint density at radius 1 is 1.37 bits per heavy atom. The molecule has 106 valence electrons. The second-order valence-corrected chi connectivity index (χ2v) is 5.35. The van der Waals surface area contributed by atoms with E-state index in [1.165, 1.54) is 0 Å². The van der Waals surface area contributed by atoms with Gasteiger partial charge >= 0.3 is 0 Å². The third-order valence-corrected chi connectivity index (χ3v) is 4.05. The number of anilines is 1. The Hall–Kier alpha value is -1.11. The van der Waals surface area contributed by atoms with Crippen molar-refractivity contribution >= 4 is 5.82 Å². The number of aryl methyl sites for hydroxylation is 2. The van der Waals surface area contributed by atoms with E-state index in [4.69, 9.17) is 15.2 Å². The average Bonchev–Trinajstić information content (AvgIpc) is 2.94. The van der Waals surface area contributed by atoms with Crippen LogP contribution in [0.1, 0.15) is 24.1 Å². The van der Waals surface area contributed by atoms with Gasteiger partial charge in [0.05, 0.1) is 25.5 Å². The van der Waals surface area contributed by atoms with Crippen LogP contribution in [0.5, 0.6) is 0 Å². The quantitative estimate of drug-likeness (QED) is 0.846. The second-order valence-electron chi connectivity index (χ2n) is 5.35. The summed E-state index contributed by atoms with van der Waals surface area (Å²) in [6.45, 7) is 5.68. The molecule has 0 bridgehead atoms. The van der Waals surface area contributed by atoms with Crippen molar-refractivity contribution in [3.05, 3.63) is 11.3 Å². The number of aromatic nitrogens is 2. The lowest BCUT2D eigenvalue weighted by molar-refractivity contribution is -0.161. The number of hydrogen-bond acceptors (Lipinski definition) is 5. The van der Waals surface area contributed by atoms with Gasteiger partial charge in [0.25, 0.3) is 0 Å². The van der Waals surface area contributed by atoms with Crippen LogP contribution in [0.2, 0.25) is 0 Å². The molecule has 0 aromatic carbocycles. The minimum absolute atomic E-state index is 0.414. The van der Waals surface area contributed by atoms with Gasteiger partial charge in [-0.15, -0.1) is 0 Å². The van der Waals surface area contributed by atoms with Crippen LogP contribution in [0, 0.1) is 6.92 Å². The largest absolute Gasteiger partial charge is 0.351 e. The first kappa shape index (κ1) is 12.9. The molecule has 3 heterocycles. The number of ether oxygens (including phenoxy) is 2. The summed E-state index contributed by atoms with van der Waals surface area (Å²) in [7, 11) is 1.97. The molecule has 2 fully saturated rings. The number of piperidine rings is 1. The Morgan fingerprint density at radius 3 is 2.79 bits per heavy atom. The highest BCUT2D eigenvalue weighted by Gasteiger charge is 2.41. The highest BCUT2D eigenvalue weighted by atomic mass is 16.7. The van der Waals surface area contributed by atoms with E-state index in [1.807, 2.05) is 18.7 Å². The average molecular weight is 266 g/mol. The zero-order valence-electron chi connectivity index (χ0n) is 11.7. The van der Waals surface area contributed by atoms with Crippen LogP contribution in [-0.2, 0) is 23.1 Å². The molecule has 0 atom stereocenters. The topological polar surface area (TPSA) is 65.5 Å². The lowest BCUT2D eigenvalue weighted by atomic mass is 10.0. The molecule has 1 aromatic rings. The van der Waals surface area contributed by atoms with Gasteiger partial charge in [-0.25, -0.2) is 0 Å². The Morgan fingerprint density at radius 2 is 2.11 bits per heavy atom. The van der Waals surface area contributed by atoms with Gasteiger partial charge in [0.2, 0.25) is 0 Å². The van der Waals surface area contributed by atoms with Crippen LogP contribution < -0.4 is 10.6 Å². The molecular formula is C13H22N4O2. The summed E-state index contributed by atoms with van der Waals surface area (Å²) >= 11 is 0. The highest BCUT2D eigenvalue weighted by molar-refractivity contribution is 5.50. The molecule has 0 amide bonds. The smallest absolute Gasteiger partial charge is 0.186 e. The maximum absolute atomic E-state index is 5.87.